The molecule has 2 atom stereocenters. The van der Waals surface area contributed by atoms with E-state index in [0.29, 0.717) is 13.2 Å². The molecule has 1 saturated heterocycles. The molecule has 0 aromatic carbocycles. The van der Waals surface area contributed by atoms with Gasteiger partial charge in [0.25, 0.3) is 0 Å². The summed E-state index contributed by atoms with van der Waals surface area (Å²) in [4.78, 5) is 11.4. The first-order valence-corrected chi connectivity index (χ1v) is 5.33. The zero-order chi connectivity index (χ0) is 10.4. The Balaban J connectivity index is 2.15. The van der Waals surface area contributed by atoms with Gasteiger partial charge in [0.05, 0.1) is 13.2 Å². The first-order valence-electron chi connectivity index (χ1n) is 5.33. The van der Waals surface area contributed by atoms with E-state index in [4.69, 9.17) is 4.74 Å². The molecule has 0 saturated carbocycles. The van der Waals surface area contributed by atoms with E-state index < -0.39 is 0 Å². The van der Waals surface area contributed by atoms with Crippen molar-refractivity contribution in [3.63, 3.8) is 0 Å². The van der Waals surface area contributed by atoms with E-state index in [1.54, 1.807) is 0 Å². The zero-order valence-corrected chi connectivity index (χ0v) is 9.01. The molecule has 1 heterocycles. The van der Waals surface area contributed by atoms with Crippen LogP contribution in [0, 0.1) is 5.92 Å². The second-order valence-electron chi connectivity index (χ2n) is 3.78. The van der Waals surface area contributed by atoms with Crippen LogP contribution in [-0.4, -0.2) is 38.3 Å². The average molecular weight is 200 g/mol. The molecule has 1 rings (SSSR count). The molecule has 82 valence electrons. The fraction of sp³-hybridized carbons (Fsp3) is 0.900. The molecule has 2 N–H and O–H groups in total. The predicted molar refractivity (Wildman–Crippen MR) is 55.1 cm³/mol. The van der Waals surface area contributed by atoms with Gasteiger partial charge < -0.3 is 15.4 Å². The quantitative estimate of drug-likeness (QED) is 0.678. The first kappa shape index (κ1) is 11.5. The Morgan fingerprint density at radius 2 is 2.50 bits per heavy atom. The third-order valence-electron chi connectivity index (χ3n) is 2.58. The second kappa shape index (κ2) is 5.98. The molecule has 14 heavy (non-hydrogen) atoms. The van der Waals surface area contributed by atoms with E-state index >= 15 is 0 Å². The molecule has 2 unspecified atom stereocenters. The van der Waals surface area contributed by atoms with Gasteiger partial charge in [-0.1, -0.05) is 13.8 Å². The summed E-state index contributed by atoms with van der Waals surface area (Å²) < 4.78 is 5.29. The van der Waals surface area contributed by atoms with Crippen molar-refractivity contribution in [1.82, 2.24) is 10.6 Å². The lowest BCUT2D eigenvalue weighted by Gasteiger charge is -2.24. The Morgan fingerprint density at radius 1 is 1.71 bits per heavy atom. The van der Waals surface area contributed by atoms with Gasteiger partial charge in [0.2, 0.25) is 5.91 Å². The monoisotopic (exact) mass is 200 g/mol. The molecule has 4 heteroatoms. The Hall–Kier alpha value is -0.610. The molecular formula is C10H20N2O2. The van der Waals surface area contributed by atoms with Crippen LogP contribution in [0.3, 0.4) is 0 Å². The van der Waals surface area contributed by atoms with Crippen LogP contribution in [-0.2, 0) is 9.53 Å². The van der Waals surface area contributed by atoms with Crippen LogP contribution in [0.25, 0.3) is 0 Å². The minimum atomic E-state index is 0.111. The normalized spacial score (nSPS) is 24.3. The SMILES string of the molecule is CCC(C)C(=O)NCC1COCCN1. The Morgan fingerprint density at radius 3 is 3.07 bits per heavy atom. The van der Waals surface area contributed by atoms with Crippen molar-refractivity contribution in [2.24, 2.45) is 5.92 Å². The molecule has 0 aromatic rings. The summed E-state index contributed by atoms with van der Waals surface area (Å²) in [5, 5.41) is 6.21. The van der Waals surface area contributed by atoms with Gasteiger partial charge >= 0.3 is 0 Å². The Labute approximate surface area is 85.4 Å². The van der Waals surface area contributed by atoms with E-state index in [2.05, 4.69) is 10.6 Å². The second-order valence-corrected chi connectivity index (χ2v) is 3.78. The maximum atomic E-state index is 11.4. The number of rotatable bonds is 4. The van der Waals surface area contributed by atoms with Gasteiger partial charge in [-0.25, -0.2) is 0 Å². The van der Waals surface area contributed by atoms with Gasteiger partial charge in [-0.05, 0) is 6.42 Å². The highest BCUT2D eigenvalue weighted by molar-refractivity contribution is 5.78. The fourth-order valence-electron chi connectivity index (χ4n) is 1.33. The maximum absolute atomic E-state index is 11.4. The Kier molecular flexibility index (Phi) is 4.90. The van der Waals surface area contributed by atoms with Gasteiger partial charge in [-0.2, -0.15) is 0 Å². The molecule has 0 spiro atoms. The number of ether oxygens (including phenoxy) is 1. The van der Waals surface area contributed by atoms with Gasteiger partial charge in [-0.3, -0.25) is 4.79 Å². The van der Waals surface area contributed by atoms with E-state index in [9.17, 15) is 4.79 Å². The van der Waals surface area contributed by atoms with Crippen LogP contribution in [0.5, 0.6) is 0 Å². The van der Waals surface area contributed by atoms with E-state index in [-0.39, 0.29) is 17.9 Å². The predicted octanol–water partition coefficient (Wildman–Crippen LogP) is 0.137. The lowest BCUT2D eigenvalue weighted by atomic mass is 10.1. The van der Waals surface area contributed by atoms with E-state index in [1.807, 2.05) is 13.8 Å². The third-order valence-corrected chi connectivity index (χ3v) is 2.58. The smallest absolute Gasteiger partial charge is 0.222 e. The number of carbonyl (C=O) groups is 1. The van der Waals surface area contributed by atoms with Crippen molar-refractivity contribution in [1.29, 1.82) is 0 Å². The van der Waals surface area contributed by atoms with Gasteiger partial charge in [0, 0.05) is 25.0 Å². The van der Waals surface area contributed by atoms with Crippen LogP contribution in [0.15, 0.2) is 0 Å². The van der Waals surface area contributed by atoms with Crippen LogP contribution in [0.1, 0.15) is 20.3 Å². The van der Waals surface area contributed by atoms with Crippen molar-refractivity contribution < 1.29 is 9.53 Å². The highest BCUT2D eigenvalue weighted by atomic mass is 16.5. The average Bonchev–Trinajstić information content (AvgIpc) is 2.26. The molecule has 1 fully saturated rings. The van der Waals surface area contributed by atoms with E-state index in [0.717, 1.165) is 19.6 Å². The standard InChI is InChI=1S/C10H20N2O2/c1-3-8(2)10(13)12-6-9-7-14-5-4-11-9/h8-9,11H,3-7H2,1-2H3,(H,12,13). The minimum Gasteiger partial charge on any atom is -0.378 e. The minimum absolute atomic E-state index is 0.111. The highest BCUT2D eigenvalue weighted by Gasteiger charge is 2.15. The summed E-state index contributed by atoms with van der Waals surface area (Å²) in [6.45, 7) is 6.98. The maximum Gasteiger partial charge on any atom is 0.222 e. The molecular weight excluding hydrogens is 180 g/mol. The van der Waals surface area contributed by atoms with Crippen LogP contribution < -0.4 is 10.6 Å². The van der Waals surface area contributed by atoms with Crippen molar-refractivity contribution >= 4 is 5.91 Å². The third kappa shape index (κ3) is 3.64. The first-order chi connectivity index (χ1) is 6.74. The number of amides is 1. The fourth-order valence-corrected chi connectivity index (χ4v) is 1.33. The van der Waals surface area contributed by atoms with Gasteiger partial charge in [0.1, 0.15) is 0 Å². The number of hydrogen-bond acceptors (Lipinski definition) is 3. The molecule has 4 nitrogen and oxygen atoms in total. The lowest BCUT2D eigenvalue weighted by molar-refractivity contribution is -0.124. The van der Waals surface area contributed by atoms with Crippen molar-refractivity contribution in [3.8, 4) is 0 Å². The number of nitrogens with one attached hydrogen (secondary N) is 2. The summed E-state index contributed by atoms with van der Waals surface area (Å²) in [6, 6.07) is 0.275. The molecule has 0 aliphatic carbocycles. The summed E-state index contributed by atoms with van der Waals surface area (Å²) >= 11 is 0. The molecule has 0 bridgehead atoms. The van der Waals surface area contributed by atoms with Gasteiger partial charge in [0.15, 0.2) is 0 Å². The largest absolute Gasteiger partial charge is 0.378 e. The highest BCUT2D eigenvalue weighted by Crippen LogP contribution is 2.00. The summed E-state index contributed by atoms with van der Waals surface area (Å²) in [6.07, 6.45) is 0.889. The molecule has 0 radical (unpaired) electrons. The Bertz CT molecular complexity index is 179. The zero-order valence-electron chi connectivity index (χ0n) is 9.01. The van der Waals surface area contributed by atoms with Crippen molar-refractivity contribution in [3.05, 3.63) is 0 Å². The van der Waals surface area contributed by atoms with E-state index in [1.165, 1.54) is 0 Å². The van der Waals surface area contributed by atoms with Gasteiger partial charge in [-0.15, -0.1) is 0 Å². The topological polar surface area (TPSA) is 50.4 Å². The lowest BCUT2D eigenvalue weighted by Crippen LogP contribution is -2.49. The molecule has 1 aliphatic heterocycles. The molecule has 0 aromatic heterocycles. The summed E-state index contributed by atoms with van der Waals surface area (Å²) in [5.74, 6) is 0.249. The molecule has 1 amide bonds. The number of carbonyl (C=O) groups excluding carboxylic acids is 1. The summed E-state index contributed by atoms with van der Waals surface area (Å²) in [7, 11) is 0. The van der Waals surface area contributed by atoms with Crippen molar-refractivity contribution in [2.75, 3.05) is 26.3 Å². The van der Waals surface area contributed by atoms with Crippen molar-refractivity contribution in [2.45, 2.75) is 26.3 Å². The number of morpholine rings is 1. The number of hydrogen-bond donors (Lipinski definition) is 2. The van der Waals surface area contributed by atoms with Crippen LogP contribution in [0.2, 0.25) is 0 Å². The van der Waals surface area contributed by atoms with Crippen LogP contribution >= 0.6 is 0 Å². The molecule has 1 aliphatic rings. The summed E-state index contributed by atoms with van der Waals surface area (Å²) in [5.41, 5.74) is 0. The van der Waals surface area contributed by atoms with Crippen LogP contribution in [0.4, 0.5) is 0 Å².